The molecule has 0 radical (unpaired) electrons. The van der Waals surface area contributed by atoms with Gasteiger partial charge in [-0.15, -0.1) is 0 Å². The first-order valence-corrected chi connectivity index (χ1v) is 8.36. The second-order valence-corrected chi connectivity index (χ2v) is 6.47. The highest BCUT2D eigenvalue weighted by molar-refractivity contribution is 5.56. The molecule has 0 aliphatic carbocycles. The third-order valence-electron chi connectivity index (χ3n) is 5.23. The molecule has 2 bridgehead atoms. The van der Waals surface area contributed by atoms with Crippen molar-refractivity contribution >= 4 is 5.69 Å². The van der Waals surface area contributed by atoms with Gasteiger partial charge >= 0.3 is 0 Å². The first-order valence-electron chi connectivity index (χ1n) is 8.36. The molecule has 1 N–H and O–H groups in total. The smallest absolute Gasteiger partial charge is 0.0503 e. The number of benzene rings is 1. The van der Waals surface area contributed by atoms with Gasteiger partial charge in [0.2, 0.25) is 0 Å². The molecule has 1 aromatic carbocycles. The van der Waals surface area contributed by atoms with Crippen molar-refractivity contribution in [2.45, 2.75) is 56.7 Å². The van der Waals surface area contributed by atoms with Crippen molar-refractivity contribution in [2.75, 3.05) is 25.7 Å². The van der Waals surface area contributed by atoms with Gasteiger partial charge in [-0.1, -0.05) is 18.2 Å². The van der Waals surface area contributed by atoms with Crippen molar-refractivity contribution in [3.63, 3.8) is 0 Å². The summed E-state index contributed by atoms with van der Waals surface area (Å²) >= 11 is 0. The number of para-hydroxylation sites is 1. The SMILES string of the molecule is CNC1CC2CCCC(C1)N2c1ccccc1CCOC. The largest absolute Gasteiger partial charge is 0.384 e. The molecule has 2 aliphatic rings. The van der Waals surface area contributed by atoms with Gasteiger partial charge in [0.15, 0.2) is 0 Å². The van der Waals surface area contributed by atoms with Crippen molar-refractivity contribution in [3.05, 3.63) is 29.8 Å². The van der Waals surface area contributed by atoms with Crippen molar-refractivity contribution < 1.29 is 4.74 Å². The van der Waals surface area contributed by atoms with E-state index in [1.54, 1.807) is 7.11 Å². The van der Waals surface area contributed by atoms with Gasteiger partial charge in [0.1, 0.15) is 0 Å². The van der Waals surface area contributed by atoms with Crippen LogP contribution in [0.1, 0.15) is 37.7 Å². The average Bonchev–Trinajstić information content (AvgIpc) is 2.52. The maximum atomic E-state index is 5.29. The van der Waals surface area contributed by atoms with E-state index in [2.05, 4.69) is 41.5 Å². The zero-order valence-corrected chi connectivity index (χ0v) is 13.3. The summed E-state index contributed by atoms with van der Waals surface area (Å²) in [6, 6.07) is 11.0. The number of hydrogen-bond acceptors (Lipinski definition) is 3. The second-order valence-electron chi connectivity index (χ2n) is 6.47. The van der Waals surface area contributed by atoms with Crippen LogP contribution < -0.4 is 10.2 Å². The molecule has 2 fully saturated rings. The number of methoxy groups -OCH3 is 1. The fourth-order valence-corrected chi connectivity index (χ4v) is 4.20. The van der Waals surface area contributed by atoms with Gasteiger partial charge in [-0.3, -0.25) is 0 Å². The standard InChI is InChI=1S/C18H28N2O/c1-19-15-12-16-7-5-8-17(13-15)20(16)18-9-4-3-6-14(18)10-11-21-2/h3-4,6,9,15-17,19H,5,7-8,10-13H2,1-2H3. The Morgan fingerprint density at radius 2 is 1.90 bits per heavy atom. The number of piperidine rings is 2. The Balaban J connectivity index is 1.86. The molecule has 2 heterocycles. The van der Waals surface area contributed by atoms with E-state index in [-0.39, 0.29) is 0 Å². The summed E-state index contributed by atoms with van der Waals surface area (Å²) in [5.74, 6) is 0. The van der Waals surface area contributed by atoms with E-state index in [9.17, 15) is 0 Å². The van der Waals surface area contributed by atoms with Crippen LogP contribution in [0.25, 0.3) is 0 Å². The highest BCUT2D eigenvalue weighted by Gasteiger charge is 2.38. The summed E-state index contributed by atoms with van der Waals surface area (Å²) in [7, 11) is 3.90. The highest BCUT2D eigenvalue weighted by Crippen LogP contribution is 2.39. The zero-order chi connectivity index (χ0) is 14.7. The van der Waals surface area contributed by atoms with Gasteiger partial charge in [0.25, 0.3) is 0 Å². The zero-order valence-electron chi connectivity index (χ0n) is 13.3. The number of ether oxygens (including phenoxy) is 1. The van der Waals surface area contributed by atoms with Gasteiger partial charge in [0.05, 0.1) is 6.61 Å². The summed E-state index contributed by atoms with van der Waals surface area (Å²) in [5, 5.41) is 3.51. The van der Waals surface area contributed by atoms with Gasteiger partial charge in [-0.25, -0.2) is 0 Å². The number of rotatable bonds is 5. The Labute approximate surface area is 128 Å². The molecule has 2 unspecified atom stereocenters. The fraction of sp³-hybridized carbons (Fsp3) is 0.667. The normalized spacial score (nSPS) is 28.7. The van der Waals surface area contributed by atoms with E-state index >= 15 is 0 Å². The molecular weight excluding hydrogens is 260 g/mol. The third-order valence-corrected chi connectivity index (χ3v) is 5.23. The topological polar surface area (TPSA) is 24.5 Å². The van der Waals surface area contributed by atoms with Crippen molar-refractivity contribution in [1.82, 2.24) is 5.32 Å². The lowest BCUT2D eigenvalue weighted by molar-refractivity contribution is 0.202. The highest BCUT2D eigenvalue weighted by atomic mass is 16.5. The average molecular weight is 288 g/mol. The van der Waals surface area contributed by atoms with Crippen LogP contribution in [0.2, 0.25) is 0 Å². The first kappa shape index (κ1) is 14.9. The quantitative estimate of drug-likeness (QED) is 0.901. The summed E-state index contributed by atoms with van der Waals surface area (Å²) in [5.41, 5.74) is 2.90. The molecule has 0 saturated carbocycles. The second kappa shape index (κ2) is 6.80. The van der Waals surface area contributed by atoms with Crippen LogP contribution >= 0.6 is 0 Å². The predicted molar refractivity (Wildman–Crippen MR) is 88.0 cm³/mol. The lowest BCUT2D eigenvalue weighted by Gasteiger charge is -2.51. The molecule has 3 nitrogen and oxygen atoms in total. The van der Waals surface area contributed by atoms with Crippen LogP contribution in [0.3, 0.4) is 0 Å². The van der Waals surface area contributed by atoms with E-state index in [1.807, 2.05) is 0 Å². The van der Waals surface area contributed by atoms with Gasteiger partial charge in [-0.05, 0) is 57.2 Å². The van der Waals surface area contributed by atoms with Gasteiger partial charge in [0, 0.05) is 30.9 Å². The first-order chi connectivity index (χ1) is 10.3. The van der Waals surface area contributed by atoms with E-state index in [4.69, 9.17) is 4.74 Å². The maximum Gasteiger partial charge on any atom is 0.0503 e. The number of nitrogens with one attached hydrogen (secondary N) is 1. The number of fused-ring (bicyclic) bond motifs is 2. The fourth-order valence-electron chi connectivity index (χ4n) is 4.20. The Hall–Kier alpha value is -1.06. The Bertz CT molecular complexity index is 448. The molecule has 2 atom stereocenters. The third kappa shape index (κ3) is 3.09. The molecule has 3 heteroatoms. The Morgan fingerprint density at radius 1 is 1.19 bits per heavy atom. The van der Waals surface area contributed by atoms with Crippen molar-refractivity contribution in [2.24, 2.45) is 0 Å². The lowest BCUT2D eigenvalue weighted by Crippen LogP contribution is -2.56. The molecular formula is C18H28N2O. The van der Waals surface area contributed by atoms with E-state index in [1.165, 1.54) is 43.4 Å². The maximum absolute atomic E-state index is 5.29. The molecule has 2 saturated heterocycles. The van der Waals surface area contributed by atoms with Crippen LogP contribution in [0.4, 0.5) is 5.69 Å². The molecule has 0 aromatic heterocycles. The van der Waals surface area contributed by atoms with E-state index < -0.39 is 0 Å². The monoisotopic (exact) mass is 288 g/mol. The van der Waals surface area contributed by atoms with Crippen molar-refractivity contribution in [3.8, 4) is 0 Å². The molecule has 1 aromatic rings. The van der Waals surface area contributed by atoms with Crippen LogP contribution in [-0.2, 0) is 11.2 Å². The summed E-state index contributed by atoms with van der Waals surface area (Å²) in [6.45, 7) is 0.805. The summed E-state index contributed by atoms with van der Waals surface area (Å²) in [4.78, 5) is 2.74. The van der Waals surface area contributed by atoms with Gasteiger partial charge in [-0.2, -0.15) is 0 Å². The molecule has 21 heavy (non-hydrogen) atoms. The Kier molecular flexibility index (Phi) is 4.81. The lowest BCUT2D eigenvalue weighted by atomic mass is 9.81. The van der Waals surface area contributed by atoms with E-state index in [0.29, 0.717) is 18.1 Å². The molecule has 0 amide bonds. The minimum atomic E-state index is 0.697. The minimum Gasteiger partial charge on any atom is -0.384 e. The number of nitrogens with zero attached hydrogens (tertiary/aromatic N) is 1. The molecule has 3 rings (SSSR count). The van der Waals surface area contributed by atoms with Crippen LogP contribution in [0, 0.1) is 0 Å². The van der Waals surface area contributed by atoms with Crippen molar-refractivity contribution in [1.29, 1.82) is 0 Å². The number of hydrogen-bond donors (Lipinski definition) is 1. The van der Waals surface area contributed by atoms with Gasteiger partial charge < -0.3 is 15.0 Å². The molecule has 116 valence electrons. The number of anilines is 1. The van der Waals surface area contributed by atoms with Crippen LogP contribution in [-0.4, -0.2) is 38.9 Å². The molecule has 0 spiro atoms. The van der Waals surface area contributed by atoms with E-state index in [0.717, 1.165) is 13.0 Å². The minimum absolute atomic E-state index is 0.697. The predicted octanol–water partition coefficient (Wildman–Crippen LogP) is 2.98. The molecule has 2 aliphatic heterocycles. The van der Waals surface area contributed by atoms with Crippen LogP contribution in [0.5, 0.6) is 0 Å². The summed E-state index contributed by atoms with van der Waals surface area (Å²) < 4.78 is 5.29. The Morgan fingerprint density at radius 3 is 2.57 bits per heavy atom. The summed E-state index contributed by atoms with van der Waals surface area (Å²) in [6.07, 6.45) is 7.65. The van der Waals surface area contributed by atoms with Crippen LogP contribution in [0.15, 0.2) is 24.3 Å².